The van der Waals surface area contributed by atoms with Crippen molar-refractivity contribution in [2.45, 2.75) is 65.8 Å². The fourth-order valence-corrected chi connectivity index (χ4v) is 3.86. The van der Waals surface area contributed by atoms with Crippen molar-refractivity contribution in [3.8, 4) is 0 Å². The van der Waals surface area contributed by atoms with Gasteiger partial charge in [0.15, 0.2) is 0 Å². The Morgan fingerprint density at radius 2 is 2.05 bits per heavy atom. The second kappa shape index (κ2) is 6.51. The normalized spacial score (nSPS) is 27.0. The quantitative estimate of drug-likeness (QED) is 0.919. The monoisotopic (exact) mass is 291 g/mol. The summed E-state index contributed by atoms with van der Waals surface area (Å²) in [6.45, 7) is 9.37. The highest BCUT2D eigenvalue weighted by atomic mass is 15.3. The van der Waals surface area contributed by atoms with Gasteiger partial charge in [-0.1, -0.05) is 27.7 Å². The van der Waals surface area contributed by atoms with Gasteiger partial charge in [0.25, 0.3) is 0 Å². The zero-order valence-electron chi connectivity index (χ0n) is 14.7. The first-order valence-corrected chi connectivity index (χ1v) is 8.54. The number of rotatable bonds is 4. The maximum Gasteiger partial charge on any atom is 0.0624 e. The second-order valence-corrected chi connectivity index (χ2v) is 7.84. The van der Waals surface area contributed by atoms with Crippen LogP contribution < -0.4 is 5.32 Å². The smallest absolute Gasteiger partial charge is 0.0624 e. The summed E-state index contributed by atoms with van der Waals surface area (Å²) < 4.78 is 2.09. The Hall–Kier alpha value is -0.830. The SMILES string of the molecule is CCc1cc(CC2CC(C(C)(C)C)CCC2NC)n(C)n1. The Bertz CT molecular complexity index is 456. The lowest BCUT2D eigenvalue weighted by Gasteiger charge is -2.42. The van der Waals surface area contributed by atoms with Crippen molar-refractivity contribution in [3.63, 3.8) is 0 Å². The van der Waals surface area contributed by atoms with Gasteiger partial charge in [-0.05, 0) is 62.5 Å². The predicted molar refractivity (Wildman–Crippen MR) is 89.4 cm³/mol. The molecule has 1 saturated carbocycles. The van der Waals surface area contributed by atoms with Crippen LogP contribution in [0.5, 0.6) is 0 Å². The van der Waals surface area contributed by atoms with Crippen LogP contribution in [0.1, 0.15) is 58.3 Å². The molecule has 1 fully saturated rings. The Balaban J connectivity index is 2.12. The number of hydrogen-bond donors (Lipinski definition) is 1. The first-order chi connectivity index (χ1) is 9.85. The van der Waals surface area contributed by atoms with E-state index in [2.05, 4.69) is 63.0 Å². The molecule has 2 rings (SSSR count). The zero-order valence-corrected chi connectivity index (χ0v) is 14.7. The van der Waals surface area contributed by atoms with Crippen molar-refractivity contribution in [1.82, 2.24) is 15.1 Å². The van der Waals surface area contributed by atoms with Gasteiger partial charge >= 0.3 is 0 Å². The summed E-state index contributed by atoms with van der Waals surface area (Å²) in [5, 5.41) is 8.17. The van der Waals surface area contributed by atoms with Crippen LogP contribution in [0.3, 0.4) is 0 Å². The number of aromatic nitrogens is 2. The molecule has 0 saturated heterocycles. The van der Waals surface area contributed by atoms with Crippen LogP contribution in [0.2, 0.25) is 0 Å². The molecule has 1 aromatic rings. The summed E-state index contributed by atoms with van der Waals surface area (Å²) >= 11 is 0. The summed E-state index contributed by atoms with van der Waals surface area (Å²) in [4.78, 5) is 0. The Morgan fingerprint density at radius 1 is 1.33 bits per heavy atom. The van der Waals surface area contributed by atoms with Gasteiger partial charge in [-0.25, -0.2) is 0 Å². The third kappa shape index (κ3) is 3.88. The first-order valence-electron chi connectivity index (χ1n) is 8.54. The molecule has 1 aliphatic rings. The lowest BCUT2D eigenvalue weighted by Crippen LogP contribution is -2.42. The minimum absolute atomic E-state index is 0.429. The van der Waals surface area contributed by atoms with Crippen molar-refractivity contribution in [2.75, 3.05) is 7.05 Å². The molecular weight excluding hydrogens is 258 g/mol. The molecule has 0 aliphatic heterocycles. The van der Waals surface area contributed by atoms with E-state index in [0.29, 0.717) is 11.5 Å². The van der Waals surface area contributed by atoms with E-state index in [-0.39, 0.29) is 0 Å². The van der Waals surface area contributed by atoms with E-state index >= 15 is 0 Å². The van der Waals surface area contributed by atoms with Crippen molar-refractivity contribution < 1.29 is 0 Å². The molecule has 3 nitrogen and oxygen atoms in total. The topological polar surface area (TPSA) is 29.9 Å². The Morgan fingerprint density at radius 3 is 2.57 bits per heavy atom. The second-order valence-electron chi connectivity index (χ2n) is 7.84. The zero-order chi connectivity index (χ0) is 15.6. The average Bonchev–Trinajstić information content (AvgIpc) is 2.78. The number of nitrogens with zero attached hydrogens (tertiary/aromatic N) is 2. The molecular formula is C18H33N3. The summed E-state index contributed by atoms with van der Waals surface area (Å²) in [6.07, 6.45) is 6.18. The summed E-state index contributed by atoms with van der Waals surface area (Å²) in [6, 6.07) is 2.96. The van der Waals surface area contributed by atoms with Crippen LogP contribution in [-0.2, 0) is 19.9 Å². The van der Waals surface area contributed by atoms with Crippen LogP contribution in [0, 0.1) is 17.3 Å². The standard InChI is InChI=1S/C18H33N3/c1-7-15-12-16(21(6)20-15)11-13-10-14(18(2,3)4)8-9-17(13)19-5/h12-14,17,19H,7-11H2,1-6H3. The predicted octanol–water partition coefficient (Wildman–Crippen LogP) is 3.58. The van der Waals surface area contributed by atoms with Gasteiger partial charge in [0.05, 0.1) is 5.69 Å². The van der Waals surface area contributed by atoms with Crippen molar-refractivity contribution >= 4 is 0 Å². The van der Waals surface area contributed by atoms with Crippen LogP contribution in [0.4, 0.5) is 0 Å². The van der Waals surface area contributed by atoms with Gasteiger partial charge in [0.2, 0.25) is 0 Å². The van der Waals surface area contributed by atoms with Crippen LogP contribution in [0.15, 0.2) is 6.07 Å². The van der Waals surface area contributed by atoms with E-state index < -0.39 is 0 Å². The van der Waals surface area contributed by atoms with Crippen molar-refractivity contribution in [3.05, 3.63) is 17.5 Å². The summed E-state index contributed by atoms with van der Waals surface area (Å²) in [5.41, 5.74) is 3.04. The minimum Gasteiger partial charge on any atom is -0.317 e. The highest BCUT2D eigenvalue weighted by Gasteiger charge is 2.35. The molecule has 1 N–H and O–H groups in total. The maximum absolute atomic E-state index is 4.61. The minimum atomic E-state index is 0.429. The number of nitrogens with one attached hydrogen (secondary N) is 1. The first kappa shape index (κ1) is 16.5. The van der Waals surface area contributed by atoms with Gasteiger partial charge in [-0.15, -0.1) is 0 Å². The summed E-state index contributed by atoms with van der Waals surface area (Å²) in [5.74, 6) is 1.57. The largest absolute Gasteiger partial charge is 0.317 e. The Kier molecular flexibility index (Phi) is 5.13. The highest BCUT2D eigenvalue weighted by Crippen LogP contribution is 2.41. The van der Waals surface area contributed by atoms with Gasteiger partial charge in [-0.3, -0.25) is 4.68 Å². The lowest BCUT2D eigenvalue weighted by atomic mass is 9.66. The molecule has 0 spiro atoms. The van der Waals surface area contributed by atoms with E-state index in [1.807, 2.05) is 0 Å². The van der Waals surface area contributed by atoms with E-state index in [9.17, 15) is 0 Å². The van der Waals surface area contributed by atoms with Gasteiger partial charge in [-0.2, -0.15) is 5.10 Å². The molecule has 1 aliphatic carbocycles. The molecule has 0 amide bonds. The van der Waals surface area contributed by atoms with Gasteiger partial charge < -0.3 is 5.32 Å². The maximum atomic E-state index is 4.61. The third-order valence-electron chi connectivity index (χ3n) is 5.44. The number of hydrogen-bond acceptors (Lipinski definition) is 2. The molecule has 0 radical (unpaired) electrons. The molecule has 120 valence electrons. The fraction of sp³-hybridized carbons (Fsp3) is 0.833. The molecule has 0 aromatic carbocycles. The molecule has 1 aromatic heterocycles. The third-order valence-corrected chi connectivity index (χ3v) is 5.44. The van der Waals surface area contributed by atoms with Crippen molar-refractivity contribution in [1.29, 1.82) is 0 Å². The Labute approximate surface area is 130 Å². The fourth-order valence-electron chi connectivity index (χ4n) is 3.86. The van der Waals surface area contributed by atoms with Crippen LogP contribution >= 0.6 is 0 Å². The molecule has 3 heteroatoms. The van der Waals surface area contributed by atoms with Gasteiger partial charge in [0.1, 0.15) is 0 Å². The summed E-state index contributed by atoms with van der Waals surface area (Å²) in [7, 11) is 4.21. The number of aryl methyl sites for hydroxylation is 2. The molecule has 21 heavy (non-hydrogen) atoms. The highest BCUT2D eigenvalue weighted by molar-refractivity contribution is 5.12. The molecule has 3 atom stereocenters. The van der Waals surface area contributed by atoms with E-state index in [0.717, 1.165) is 24.7 Å². The average molecular weight is 291 g/mol. The van der Waals surface area contributed by atoms with E-state index in [1.54, 1.807) is 0 Å². The van der Waals surface area contributed by atoms with E-state index in [1.165, 1.54) is 30.7 Å². The van der Waals surface area contributed by atoms with Crippen molar-refractivity contribution in [2.24, 2.45) is 24.3 Å². The lowest BCUT2D eigenvalue weighted by molar-refractivity contribution is 0.116. The molecule has 1 heterocycles. The molecule has 0 bridgehead atoms. The van der Waals surface area contributed by atoms with E-state index in [4.69, 9.17) is 0 Å². The molecule has 3 unspecified atom stereocenters. The van der Waals surface area contributed by atoms with Gasteiger partial charge in [0, 0.05) is 18.8 Å². The van der Waals surface area contributed by atoms with Crippen LogP contribution in [-0.4, -0.2) is 22.9 Å². The van der Waals surface area contributed by atoms with Crippen LogP contribution in [0.25, 0.3) is 0 Å².